The highest BCUT2D eigenvalue weighted by Gasteiger charge is 2.73. The SMILES string of the molecule is CO[C@@]12[C@H](COC(N)=O)C3=C(C(=O)C(C)C(=NCCSSC[C@@H](NC(=O)CC[C@@H](NC(=O)c4ccc(NCc5cnc6nc(N)[nH]c(=O)c6n5)cc4)C(=O)O)C(=O)O)C3=O)N1C[C@@H]1N[C@@H]12. The quantitative estimate of drug-likeness (QED) is 0.0374. The molecule has 3 amide bonds. The molecule has 5 heterocycles. The van der Waals surface area contributed by atoms with Crippen molar-refractivity contribution in [2.45, 2.75) is 56.2 Å². The highest BCUT2D eigenvalue weighted by molar-refractivity contribution is 8.76. The second-order valence-corrected chi connectivity index (χ2v) is 18.0. The first-order valence-corrected chi connectivity index (χ1v) is 22.6. The summed E-state index contributed by atoms with van der Waals surface area (Å²) in [5, 5.41) is 30.7. The van der Waals surface area contributed by atoms with E-state index < -0.39 is 77.3 Å². The first-order chi connectivity index (χ1) is 31.0. The second-order valence-electron chi connectivity index (χ2n) is 15.3. The Hall–Kier alpha value is -6.64. The number of carboxylic acids is 2. The number of aliphatic imine (C=N–C) groups is 1. The number of anilines is 2. The number of H-pyrrole nitrogens is 1. The van der Waals surface area contributed by atoms with Gasteiger partial charge in [-0.2, -0.15) is 4.98 Å². The number of nitrogen functional groups attached to an aromatic ring is 1. The van der Waals surface area contributed by atoms with Gasteiger partial charge in [0.15, 0.2) is 22.7 Å². The summed E-state index contributed by atoms with van der Waals surface area (Å²) in [5.41, 5.74) is 10.8. The molecule has 0 saturated carbocycles. The van der Waals surface area contributed by atoms with Gasteiger partial charge >= 0.3 is 18.0 Å². The van der Waals surface area contributed by atoms with E-state index in [1.807, 2.05) is 0 Å². The minimum atomic E-state index is -1.47. The molecule has 2 aromatic heterocycles. The number of ether oxygens (including phenoxy) is 2. The smallest absolute Gasteiger partial charge is 0.404 e. The van der Waals surface area contributed by atoms with Crippen molar-refractivity contribution in [2.75, 3.05) is 49.4 Å². The Bertz CT molecular complexity index is 2570. The number of allylic oxidation sites excluding steroid dienone is 1. The number of carboxylic acid groups (broad SMARTS) is 2. The Kier molecular flexibility index (Phi) is 13.7. The fourth-order valence-corrected chi connectivity index (χ4v) is 10.2. The number of aliphatic carboxylic acids is 2. The lowest BCUT2D eigenvalue weighted by Gasteiger charge is -2.39. The van der Waals surface area contributed by atoms with Crippen LogP contribution in [0.3, 0.4) is 0 Å². The summed E-state index contributed by atoms with van der Waals surface area (Å²) < 4.78 is 11.1. The maximum absolute atomic E-state index is 14.0. The summed E-state index contributed by atoms with van der Waals surface area (Å²) in [6.45, 7) is 2.01. The number of aromatic nitrogens is 4. The van der Waals surface area contributed by atoms with E-state index in [1.54, 1.807) is 24.0 Å². The first-order valence-electron chi connectivity index (χ1n) is 20.1. The Morgan fingerprint density at radius 2 is 1.80 bits per heavy atom. The molecule has 1 aliphatic carbocycles. The summed E-state index contributed by atoms with van der Waals surface area (Å²) in [6, 6.07) is 3.09. The van der Waals surface area contributed by atoms with Crippen LogP contribution < -0.4 is 38.3 Å². The van der Waals surface area contributed by atoms with Crippen molar-refractivity contribution in [1.82, 2.24) is 40.8 Å². The van der Waals surface area contributed by atoms with Crippen LogP contribution in [0.15, 0.2) is 51.5 Å². The molecule has 24 nitrogen and oxygen atoms in total. The highest BCUT2D eigenvalue weighted by Crippen LogP contribution is 2.55. The topological polar surface area (TPSA) is 376 Å². The van der Waals surface area contributed by atoms with Gasteiger partial charge < -0.3 is 57.3 Å². The molecule has 3 aliphatic heterocycles. The molecule has 11 N–H and O–H groups in total. The first kappa shape index (κ1) is 46.4. The number of rotatable bonds is 20. The Morgan fingerprint density at radius 3 is 2.49 bits per heavy atom. The minimum Gasteiger partial charge on any atom is -0.480 e. The van der Waals surface area contributed by atoms with E-state index in [0.29, 0.717) is 23.7 Å². The molecule has 65 heavy (non-hydrogen) atoms. The Labute approximate surface area is 375 Å². The van der Waals surface area contributed by atoms with Gasteiger partial charge in [-0.15, -0.1) is 0 Å². The second kappa shape index (κ2) is 19.2. The molecule has 26 heteroatoms. The average Bonchev–Trinajstić information content (AvgIpc) is 3.88. The van der Waals surface area contributed by atoms with Crippen molar-refractivity contribution >= 4 is 91.5 Å². The molecule has 4 aliphatic rings. The monoisotopic (exact) mass is 936 g/mol. The molecule has 0 bridgehead atoms. The third-order valence-corrected chi connectivity index (χ3v) is 13.7. The third-order valence-electron chi connectivity index (χ3n) is 11.3. The predicted molar refractivity (Wildman–Crippen MR) is 233 cm³/mol. The number of nitrogens with zero attached hydrogens (tertiary/aromatic N) is 5. The van der Waals surface area contributed by atoms with Crippen LogP contribution in [0.4, 0.5) is 16.4 Å². The number of carbonyl (C=O) groups is 7. The zero-order valence-electron chi connectivity index (χ0n) is 34.7. The van der Waals surface area contributed by atoms with Gasteiger partial charge in [0.2, 0.25) is 17.6 Å². The van der Waals surface area contributed by atoms with Crippen molar-refractivity contribution in [3.05, 3.63) is 63.3 Å². The number of ketones is 2. The van der Waals surface area contributed by atoms with Gasteiger partial charge in [0.1, 0.15) is 18.7 Å². The van der Waals surface area contributed by atoms with Crippen molar-refractivity contribution in [3.63, 3.8) is 0 Å². The maximum atomic E-state index is 14.0. The number of piperazine rings is 1. The van der Waals surface area contributed by atoms with Gasteiger partial charge in [0, 0.05) is 61.0 Å². The van der Waals surface area contributed by atoms with Crippen LogP contribution in [0.5, 0.6) is 0 Å². The van der Waals surface area contributed by atoms with Gasteiger partial charge in [0.05, 0.1) is 47.7 Å². The van der Waals surface area contributed by atoms with Crippen LogP contribution >= 0.6 is 21.6 Å². The van der Waals surface area contributed by atoms with Crippen molar-refractivity contribution < 1.29 is 53.2 Å². The standard InChI is InChI=1S/C39H44N12O12S2/c1-16-26(30(54)25-20(14-63-38(41)61)39(62-2)31-22(47-31)13-51(39)28(25)29(16)53)42-9-10-64-65-15-23(36(59)60)46-24(52)8-7-21(35(57)58)48-33(55)17-3-5-18(6-4-17)43-11-19-12-44-32-27(45-19)34(56)50-37(40)49-32/h3-6,12,16,20-23,31,43,47H,7-11,13-15H2,1-2H3,(H2,41,61)(H,46,52)(H,48,55)(H,57,58)(H,59,60)(H3,40,44,49,50,56)/t16?,20-,21-,22+,23-,31+,39-/m1/s1. The fourth-order valence-electron chi connectivity index (χ4n) is 8.17. The normalized spacial score (nSPS) is 23.4. The lowest BCUT2D eigenvalue weighted by Crippen LogP contribution is -2.55. The van der Waals surface area contributed by atoms with E-state index in [4.69, 9.17) is 20.9 Å². The van der Waals surface area contributed by atoms with E-state index in [1.165, 1.54) is 36.2 Å². The zero-order chi connectivity index (χ0) is 46.7. The molecule has 7 atom stereocenters. The van der Waals surface area contributed by atoms with E-state index in [2.05, 4.69) is 46.2 Å². The molecule has 0 radical (unpaired) electrons. The van der Waals surface area contributed by atoms with E-state index >= 15 is 0 Å². The molecular weight excluding hydrogens is 893 g/mol. The van der Waals surface area contributed by atoms with Crippen LogP contribution in [0.2, 0.25) is 0 Å². The van der Waals surface area contributed by atoms with Gasteiger partial charge in [-0.3, -0.25) is 33.9 Å². The van der Waals surface area contributed by atoms with Gasteiger partial charge in [-0.05, 0) is 37.6 Å². The number of amides is 3. The van der Waals surface area contributed by atoms with Gasteiger partial charge in [-0.1, -0.05) is 21.6 Å². The third kappa shape index (κ3) is 9.59. The number of primary amides is 1. The number of Topliss-reactive ketones (excluding diaryl/α,β-unsaturated/α-hetero) is 2. The summed E-state index contributed by atoms with van der Waals surface area (Å²) in [5.74, 6) is -6.47. The number of benzene rings is 1. The van der Waals surface area contributed by atoms with Crippen molar-refractivity contribution in [1.29, 1.82) is 0 Å². The molecule has 2 fully saturated rings. The number of methoxy groups -OCH3 is 1. The molecule has 7 rings (SSSR count). The fraction of sp³-hybridized carbons (Fsp3) is 0.436. The maximum Gasteiger partial charge on any atom is 0.404 e. The van der Waals surface area contributed by atoms with Crippen LogP contribution in [-0.2, 0) is 40.0 Å². The summed E-state index contributed by atoms with van der Waals surface area (Å²) in [6.07, 6.45) is -0.353. The number of nitrogens with two attached hydrogens (primary N) is 2. The predicted octanol–water partition coefficient (Wildman–Crippen LogP) is -0.972. The van der Waals surface area contributed by atoms with E-state index in [9.17, 15) is 48.6 Å². The molecule has 0 spiro atoms. The number of fused-ring (bicyclic) bond motifs is 5. The number of hydrogen-bond donors (Lipinski definition) is 9. The van der Waals surface area contributed by atoms with Crippen molar-refractivity contribution in [2.24, 2.45) is 22.6 Å². The summed E-state index contributed by atoms with van der Waals surface area (Å²) in [7, 11) is 3.83. The summed E-state index contributed by atoms with van der Waals surface area (Å²) in [4.78, 5) is 122. The van der Waals surface area contributed by atoms with Crippen LogP contribution in [0.1, 0.15) is 35.8 Å². The van der Waals surface area contributed by atoms with Crippen LogP contribution in [0.25, 0.3) is 11.2 Å². The van der Waals surface area contributed by atoms with Gasteiger partial charge in [0.25, 0.3) is 11.5 Å². The molecule has 2 saturated heterocycles. The number of nitrogens with one attached hydrogen (secondary N) is 5. The highest BCUT2D eigenvalue weighted by atomic mass is 33.1. The van der Waals surface area contributed by atoms with E-state index in [0.717, 1.165) is 10.8 Å². The average molecular weight is 937 g/mol. The molecule has 3 aromatic rings. The number of hydrogen-bond acceptors (Lipinski definition) is 20. The lowest BCUT2D eigenvalue weighted by atomic mass is 9.78. The molecule has 1 aromatic carbocycles. The number of carbonyl (C=O) groups excluding carboxylic acids is 5. The largest absolute Gasteiger partial charge is 0.480 e. The molecule has 1 unspecified atom stereocenters. The van der Waals surface area contributed by atoms with Crippen molar-refractivity contribution in [3.8, 4) is 0 Å². The molecule has 344 valence electrons. The Morgan fingerprint density at radius 1 is 1.06 bits per heavy atom. The minimum absolute atomic E-state index is 0.0157. The lowest BCUT2D eigenvalue weighted by molar-refractivity contribution is -0.142. The zero-order valence-corrected chi connectivity index (χ0v) is 36.3. The Balaban J connectivity index is 0.854. The van der Waals surface area contributed by atoms with Crippen LogP contribution in [-0.4, -0.2) is 150 Å². The summed E-state index contributed by atoms with van der Waals surface area (Å²) >= 11 is 0. The number of aromatic amines is 1. The van der Waals surface area contributed by atoms with Crippen LogP contribution in [0, 0.1) is 11.8 Å². The van der Waals surface area contributed by atoms with E-state index in [-0.39, 0.29) is 89.4 Å². The molecular formula is C39H44N12O12S2. The van der Waals surface area contributed by atoms with Gasteiger partial charge in [-0.25, -0.2) is 24.4 Å².